The number of nitrogens with zero attached hydrogens (tertiary/aromatic N) is 2. The van der Waals surface area contributed by atoms with Crippen molar-refractivity contribution in [3.63, 3.8) is 0 Å². The molecule has 1 heterocycles. The topological polar surface area (TPSA) is 135 Å². The number of amides is 1. The monoisotopic (exact) mass is 609 g/mol. The highest BCUT2D eigenvalue weighted by Crippen LogP contribution is 2.27. The molecule has 1 saturated heterocycles. The van der Waals surface area contributed by atoms with Gasteiger partial charge in [0, 0.05) is 32.4 Å². The first kappa shape index (κ1) is 32.5. The number of aliphatic hydroxyl groups is 1. The molecule has 10 nitrogen and oxygen atoms in total. The molecular weight excluding hydrogens is 575 g/mol. The van der Waals surface area contributed by atoms with Crippen LogP contribution in [0.4, 0.5) is 13.2 Å². The number of hydrogen-bond donors (Lipinski definition) is 4. The molecule has 3 rings (SSSR count). The van der Waals surface area contributed by atoms with Gasteiger partial charge in [-0.1, -0.05) is 45.0 Å². The molecule has 42 heavy (non-hydrogen) atoms. The molecule has 0 spiro atoms. The molecule has 0 aromatic heterocycles. The van der Waals surface area contributed by atoms with Gasteiger partial charge in [-0.05, 0) is 53.5 Å². The van der Waals surface area contributed by atoms with E-state index in [1.807, 2.05) is 24.3 Å². The SMILES string of the molecule is C=C(O)NC=CC(=N)N1CCN(S(=O)(=O)c2ccc(OC(F)(F)F)cc2)[C@@H](C(=O)NCc2ccc(C(C)(C)C)cc2)C1. The quantitative estimate of drug-likeness (QED) is 0.192. The van der Waals surface area contributed by atoms with Gasteiger partial charge in [0.25, 0.3) is 0 Å². The molecule has 228 valence electrons. The molecule has 0 unspecified atom stereocenters. The van der Waals surface area contributed by atoms with Crippen LogP contribution >= 0.6 is 0 Å². The van der Waals surface area contributed by atoms with Crippen molar-refractivity contribution in [2.45, 2.75) is 50.0 Å². The maximum atomic E-state index is 13.6. The molecule has 1 aliphatic heterocycles. The first-order valence-corrected chi connectivity index (χ1v) is 14.3. The number of carbonyl (C=O) groups is 1. The van der Waals surface area contributed by atoms with E-state index in [0.29, 0.717) is 0 Å². The van der Waals surface area contributed by atoms with Crippen LogP contribution in [0.1, 0.15) is 31.9 Å². The summed E-state index contributed by atoms with van der Waals surface area (Å²) in [6, 6.07) is 10.1. The lowest BCUT2D eigenvalue weighted by Gasteiger charge is -2.40. The molecule has 14 heteroatoms. The Hall–Kier alpha value is -4.04. The van der Waals surface area contributed by atoms with Crippen LogP contribution in [0.3, 0.4) is 0 Å². The highest BCUT2D eigenvalue weighted by molar-refractivity contribution is 7.89. The van der Waals surface area contributed by atoms with Crippen LogP contribution in [0.15, 0.2) is 78.2 Å². The van der Waals surface area contributed by atoms with Gasteiger partial charge in [0.1, 0.15) is 17.6 Å². The van der Waals surface area contributed by atoms with Crippen LogP contribution in [0, 0.1) is 5.41 Å². The van der Waals surface area contributed by atoms with Gasteiger partial charge in [-0.2, -0.15) is 4.31 Å². The minimum Gasteiger partial charge on any atom is -0.495 e. The van der Waals surface area contributed by atoms with Gasteiger partial charge in [-0.25, -0.2) is 8.42 Å². The summed E-state index contributed by atoms with van der Waals surface area (Å²) in [7, 11) is -4.34. The Kier molecular flexibility index (Phi) is 9.94. The molecular formula is C28H34F3N5O5S. The molecule has 4 N–H and O–H groups in total. The molecule has 1 fully saturated rings. The zero-order valence-corrected chi connectivity index (χ0v) is 24.2. The second-order valence-electron chi connectivity index (χ2n) is 10.6. The van der Waals surface area contributed by atoms with E-state index in [1.165, 1.54) is 17.2 Å². The van der Waals surface area contributed by atoms with E-state index >= 15 is 0 Å². The Bertz CT molecular complexity index is 1420. The summed E-state index contributed by atoms with van der Waals surface area (Å²) in [5, 5.41) is 22.7. The lowest BCUT2D eigenvalue weighted by atomic mass is 9.87. The molecule has 0 saturated carbocycles. The molecule has 0 radical (unpaired) electrons. The van der Waals surface area contributed by atoms with Crippen LogP contribution < -0.4 is 15.4 Å². The summed E-state index contributed by atoms with van der Waals surface area (Å²) in [6.07, 6.45) is -2.35. The van der Waals surface area contributed by atoms with Crippen LogP contribution in [-0.4, -0.2) is 66.5 Å². The summed E-state index contributed by atoms with van der Waals surface area (Å²) in [6.45, 7) is 9.32. The fourth-order valence-corrected chi connectivity index (χ4v) is 5.76. The lowest BCUT2D eigenvalue weighted by Crippen LogP contribution is -2.61. The van der Waals surface area contributed by atoms with Crippen LogP contribution in [0.2, 0.25) is 0 Å². The minimum atomic E-state index is -4.94. The first-order chi connectivity index (χ1) is 19.5. The molecule has 2 aromatic carbocycles. The second kappa shape index (κ2) is 12.9. The maximum Gasteiger partial charge on any atom is 0.573 e. The van der Waals surface area contributed by atoms with Crippen molar-refractivity contribution in [3.05, 3.63) is 84.4 Å². The third-order valence-electron chi connectivity index (χ3n) is 6.42. The van der Waals surface area contributed by atoms with Crippen molar-refractivity contribution in [2.75, 3.05) is 19.6 Å². The van der Waals surface area contributed by atoms with Crippen molar-refractivity contribution < 1.29 is 36.2 Å². The molecule has 0 bridgehead atoms. The Labute approximate surface area is 243 Å². The molecule has 1 aliphatic rings. The molecule has 1 amide bonds. The van der Waals surface area contributed by atoms with E-state index in [9.17, 15) is 31.5 Å². The summed E-state index contributed by atoms with van der Waals surface area (Å²) in [5.41, 5.74) is 1.85. The van der Waals surface area contributed by atoms with Gasteiger partial charge < -0.3 is 25.4 Å². The van der Waals surface area contributed by atoms with E-state index < -0.39 is 34.1 Å². The largest absolute Gasteiger partial charge is 0.573 e. The number of nitrogens with one attached hydrogen (secondary N) is 3. The van der Waals surface area contributed by atoms with Crippen molar-refractivity contribution >= 4 is 21.8 Å². The van der Waals surface area contributed by atoms with Crippen molar-refractivity contribution in [3.8, 4) is 5.75 Å². The summed E-state index contributed by atoms with van der Waals surface area (Å²) >= 11 is 0. The van der Waals surface area contributed by atoms with Gasteiger partial charge in [-0.15, -0.1) is 13.2 Å². The predicted molar refractivity (Wildman–Crippen MR) is 151 cm³/mol. The summed E-state index contributed by atoms with van der Waals surface area (Å²) in [4.78, 5) is 14.6. The number of hydrogen-bond acceptors (Lipinski definition) is 7. The number of rotatable bonds is 9. The van der Waals surface area contributed by atoms with Gasteiger partial charge in [-0.3, -0.25) is 10.2 Å². The van der Waals surface area contributed by atoms with Gasteiger partial charge >= 0.3 is 6.36 Å². The fraction of sp³-hybridized carbons (Fsp3) is 0.357. The smallest absolute Gasteiger partial charge is 0.495 e. The third kappa shape index (κ3) is 8.73. The van der Waals surface area contributed by atoms with E-state index in [0.717, 1.165) is 39.7 Å². The molecule has 2 aromatic rings. The van der Waals surface area contributed by atoms with Crippen molar-refractivity contribution in [1.82, 2.24) is 19.8 Å². The van der Waals surface area contributed by atoms with E-state index in [4.69, 9.17) is 5.41 Å². The fourth-order valence-electron chi connectivity index (χ4n) is 4.19. The molecule has 0 aliphatic carbocycles. The van der Waals surface area contributed by atoms with Crippen molar-refractivity contribution in [2.24, 2.45) is 0 Å². The first-order valence-electron chi connectivity index (χ1n) is 12.9. The minimum absolute atomic E-state index is 0.0509. The lowest BCUT2D eigenvalue weighted by molar-refractivity contribution is -0.274. The van der Waals surface area contributed by atoms with E-state index in [-0.39, 0.29) is 48.2 Å². The maximum absolute atomic E-state index is 13.6. The average molecular weight is 610 g/mol. The highest BCUT2D eigenvalue weighted by atomic mass is 32.2. The Balaban J connectivity index is 1.84. The zero-order chi connectivity index (χ0) is 31.3. The normalized spacial score (nSPS) is 16.7. The second-order valence-corrected chi connectivity index (χ2v) is 12.5. The van der Waals surface area contributed by atoms with Crippen LogP contribution in [0.5, 0.6) is 5.75 Å². The number of aliphatic hydroxyl groups excluding tert-OH is 1. The van der Waals surface area contributed by atoms with Gasteiger partial charge in [0.05, 0.1) is 4.90 Å². The average Bonchev–Trinajstić information content (AvgIpc) is 2.90. The van der Waals surface area contributed by atoms with E-state index in [1.54, 1.807) is 0 Å². The zero-order valence-electron chi connectivity index (χ0n) is 23.4. The standard InChI is InChI=1S/C28H34F3N5O5S/c1-19(37)33-14-13-25(32)35-15-16-36(42(39,40)23-11-9-22(10-12-23)41-28(29,30)31)24(18-35)26(38)34-17-20-5-7-21(8-6-20)27(2,3)4/h5-14,24,32-33,37H,1,15-18H2,2-4H3,(H,34,38)/t24-/m1/s1. The number of sulfonamides is 1. The Morgan fingerprint density at radius 3 is 2.29 bits per heavy atom. The predicted octanol–water partition coefficient (Wildman–Crippen LogP) is 3.98. The number of carbonyl (C=O) groups excluding carboxylic acids is 1. The Morgan fingerprint density at radius 2 is 1.74 bits per heavy atom. The number of halogens is 3. The Morgan fingerprint density at radius 1 is 1.12 bits per heavy atom. The van der Waals surface area contributed by atoms with Crippen LogP contribution in [-0.2, 0) is 26.8 Å². The van der Waals surface area contributed by atoms with Gasteiger partial charge in [0.15, 0.2) is 5.88 Å². The molecule has 1 atom stereocenters. The van der Waals surface area contributed by atoms with E-state index in [2.05, 4.69) is 42.7 Å². The summed E-state index contributed by atoms with van der Waals surface area (Å²) < 4.78 is 69.6. The van der Waals surface area contributed by atoms with Gasteiger partial charge in [0.2, 0.25) is 15.9 Å². The van der Waals surface area contributed by atoms with Crippen molar-refractivity contribution in [1.29, 1.82) is 5.41 Å². The number of amidine groups is 1. The number of alkyl halides is 3. The number of ether oxygens (including phenoxy) is 1. The number of piperazine rings is 1. The summed E-state index contributed by atoms with van der Waals surface area (Å²) in [5.74, 6) is -1.59. The highest BCUT2D eigenvalue weighted by Gasteiger charge is 2.40. The van der Waals surface area contributed by atoms with Crippen LogP contribution in [0.25, 0.3) is 0 Å². The number of benzene rings is 2. The third-order valence-corrected chi connectivity index (χ3v) is 8.34.